The van der Waals surface area contributed by atoms with Gasteiger partial charge in [-0.25, -0.2) is 0 Å². The summed E-state index contributed by atoms with van der Waals surface area (Å²) in [6, 6.07) is 12.0. The Labute approximate surface area is 125 Å². The van der Waals surface area contributed by atoms with E-state index < -0.39 is 0 Å². The Hall–Kier alpha value is -2.36. The van der Waals surface area contributed by atoms with E-state index in [2.05, 4.69) is 40.7 Å². The lowest BCUT2D eigenvalue weighted by Crippen LogP contribution is -2.23. The highest BCUT2D eigenvalue weighted by atomic mass is 16.1. The number of hydrogen-bond donors (Lipinski definition) is 2. The maximum Gasteiger partial charge on any atom is 0.269 e. The van der Waals surface area contributed by atoms with Crippen molar-refractivity contribution in [2.75, 3.05) is 11.9 Å². The van der Waals surface area contributed by atoms with Gasteiger partial charge >= 0.3 is 0 Å². The minimum Gasteiger partial charge on any atom is -0.381 e. The van der Waals surface area contributed by atoms with Crippen LogP contribution in [0.5, 0.6) is 0 Å². The van der Waals surface area contributed by atoms with Gasteiger partial charge in [-0.05, 0) is 36.6 Å². The van der Waals surface area contributed by atoms with E-state index in [1.54, 1.807) is 12.3 Å². The van der Waals surface area contributed by atoms with Gasteiger partial charge in [0.15, 0.2) is 0 Å². The van der Waals surface area contributed by atoms with Crippen LogP contribution >= 0.6 is 0 Å². The summed E-state index contributed by atoms with van der Waals surface area (Å²) in [4.78, 5) is 15.9. The number of anilines is 1. The number of carbonyl (C=O) groups excluding carboxylic acids is 1. The van der Waals surface area contributed by atoms with Crippen molar-refractivity contribution in [3.05, 3.63) is 59.4 Å². The standard InChI is InChI=1S/C17H21N3O/c1-3-13-7-5-6-8-14(13)12-20-15-9-10-19-16(11-15)17(21)18-4-2/h5-11H,3-4,12H2,1-2H3,(H,18,21)(H,19,20). The molecule has 0 radical (unpaired) electrons. The molecule has 2 aromatic rings. The van der Waals surface area contributed by atoms with Gasteiger partial charge in [0, 0.05) is 25.0 Å². The van der Waals surface area contributed by atoms with Gasteiger partial charge in [-0.15, -0.1) is 0 Å². The molecule has 0 aliphatic heterocycles. The molecule has 2 rings (SSSR count). The van der Waals surface area contributed by atoms with Crippen LogP contribution in [0.2, 0.25) is 0 Å². The molecule has 110 valence electrons. The van der Waals surface area contributed by atoms with Gasteiger partial charge in [-0.2, -0.15) is 0 Å². The summed E-state index contributed by atoms with van der Waals surface area (Å²) in [6.07, 6.45) is 2.66. The van der Waals surface area contributed by atoms with Crippen LogP contribution in [0.15, 0.2) is 42.6 Å². The number of nitrogens with one attached hydrogen (secondary N) is 2. The summed E-state index contributed by atoms with van der Waals surface area (Å²) in [5.41, 5.74) is 3.95. The number of aromatic nitrogens is 1. The molecule has 1 aromatic carbocycles. The normalized spacial score (nSPS) is 10.2. The molecular weight excluding hydrogens is 262 g/mol. The minimum absolute atomic E-state index is 0.143. The molecule has 0 unspecified atom stereocenters. The van der Waals surface area contributed by atoms with Gasteiger partial charge in [0.05, 0.1) is 0 Å². The van der Waals surface area contributed by atoms with Crippen molar-refractivity contribution in [1.82, 2.24) is 10.3 Å². The zero-order valence-electron chi connectivity index (χ0n) is 12.5. The molecular formula is C17H21N3O. The fourth-order valence-electron chi connectivity index (χ4n) is 2.19. The Balaban J connectivity index is 2.06. The summed E-state index contributed by atoms with van der Waals surface area (Å²) >= 11 is 0. The van der Waals surface area contributed by atoms with Crippen molar-refractivity contribution >= 4 is 11.6 Å². The molecule has 0 aliphatic carbocycles. The minimum atomic E-state index is -0.143. The Bertz CT molecular complexity index is 610. The number of amides is 1. The zero-order chi connectivity index (χ0) is 15.1. The summed E-state index contributed by atoms with van der Waals surface area (Å²) in [6.45, 7) is 5.38. The number of pyridine rings is 1. The zero-order valence-corrected chi connectivity index (χ0v) is 12.5. The summed E-state index contributed by atoms with van der Waals surface area (Å²) in [5, 5.41) is 6.10. The van der Waals surface area contributed by atoms with Crippen LogP contribution in [0, 0.1) is 0 Å². The van der Waals surface area contributed by atoms with Crippen LogP contribution in [0.1, 0.15) is 35.5 Å². The van der Waals surface area contributed by atoms with Crippen molar-refractivity contribution in [1.29, 1.82) is 0 Å². The molecule has 21 heavy (non-hydrogen) atoms. The molecule has 2 N–H and O–H groups in total. The Morgan fingerprint density at radius 3 is 2.62 bits per heavy atom. The lowest BCUT2D eigenvalue weighted by molar-refractivity contribution is 0.0951. The molecule has 1 heterocycles. The topological polar surface area (TPSA) is 54.0 Å². The molecule has 0 saturated carbocycles. The van der Waals surface area contributed by atoms with Crippen molar-refractivity contribution in [3.63, 3.8) is 0 Å². The average molecular weight is 283 g/mol. The second kappa shape index (κ2) is 7.43. The van der Waals surface area contributed by atoms with E-state index in [0.29, 0.717) is 12.2 Å². The van der Waals surface area contributed by atoms with Crippen LogP contribution in [-0.2, 0) is 13.0 Å². The van der Waals surface area contributed by atoms with Crippen LogP contribution in [-0.4, -0.2) is 17.4 Å². The van der Waals surface area contributed by atoms with Gasteiger partial charge in [0.25, 0.3) is 5.91 Å². The van der Waals surface area contributed by atoms with E-state index in [0.717, 1.165) is 18.7 Å². The Morgan fingerprint density at radius 2 is 1.90 bits per heavy atom. The highest BCUT2D eigenvalue weighted by molar-refractivity contribution is 5.93. The first-order valence-electron chi connectivity index (χ1n) is 7.29. The van der Waals surface area contributed by atoms with E-state index >= 15 is 0 Å². The van der Waals surface area contributed by atoms with Gasteiger partial charge in [-0.1, -0.05) is 31.2 Å². The Kier molecular flexibility index (Phi) is 5.32. The number of carbonyl (C=O) groups is 1. The molecule has 4 nitrogen and oxygen atoms in total. The van der Waals surface area contributed by atoms with Crippen LogP contribution in [0.3, 0.4) is 0 Å². The van der Waals surface area contributed by atoms with E-state index in [-0.39, 0.29) is 5.91 Å². The molecule has 0 bridgehead atoms. The average Bonchev–Trinajstić information content (AvgIpc) is 2.53. The van der Waals surface area contributed by atoms with E-state index in [4.69, 9.17) is 0 Å². The molecule has 4 heteroatoms. The first-order valence-corrected chi connectivity index (χ1v) is 7.29. The third-order valence-corrected chi connectivity index (χ3v) is 3.31. The second-order valence-electron chi connectivity index (χ2n) is 4.77. The summed E-state index contributed by atoms with van der Waals surface area (Å²) < 4.78 is 0. The highest BCUT2D eigenvalue weighted by Gasteiger charge is 2.06. The van der Waals surface area contributed by atoms with Crippen molar-refractivity contribution < 1.29 is 4.79 Å². The van der Waals surface area contributed by atoms with Crippen molar-refractivity contribution in [3.8, 4) is 0 Å². The predicted octanol–water partition coefficient (Wildman–Crippen LogP) is 3.01. The van der Waals surface area contributed by atoms with Gasteiger partial charge in [0.1, 0.15) is 5.69 Å². The second-order valence-corrected chi connectivity index (χ2v) is 4.77. The molecule has 0 atom stereocenters. The van der Waals surface area contributed by atoms with E-state index in [9.17, 15) is 4.79 Å². The molecule has 0 fully saturated rings. The highest BCUT2D eigenvalue weighted by Crippen LogP contribution is 2.13. The van der Waals surface area contributed by atoms with Crippen molar-refractivity contribution in [2.45, 2.75) is 26.8 Å². The third-order valence-electron chi connectivity index (χ3n) is 3.31. The predicted molar refractivity (Wildman–Crippen MR) is 85.4 cm³/mol. The number of benzene rings is 1. The molecule has 0 aliphatic rings. The summed E-state index contributed by atoms with van der Waals surface area (Å²) in [5.74, 6) is -0.143. The van der Waals surface area contributed by atoms with Gasteiger partial charge in [-0.3, -0.25) is 9.78 Å². The maximum absolute atomic E-state index is 11.8. The number of rotatable bonds is 6. The van der Waals surface area contributed by atoms with Crippen molar-refractivity contribution in [2.24, 2.45) is 0 Å². The Morgan fingerprint density at radius 1 is 1.14 bits per heavy atom. The largest absolute Gasteiger partial charge is 0.381 e. The SMILES string of the molecule is CCNC(=O)c1cc(NCc2ccccc2CC)ccn1. The third kappa shape index (κ3) is 4.05. The van der Waals surface area contributed by atoms with Gasteiger partial charge < -0.3 is 10.6 Å². The smallest absolute Gasteiger partial charge is 0.269 e. The van der Waals surface area contributed by atoms with Crippen LogP contribution in [0.4, 0.5) is 5.69 Å². The first-order chi connectivity index (χ1) is 10.2. The fraction of sp³-hybridized carbons (Fsp3) is 0.294. The lowest BCUT2D eigenvalue weighted by atomic mass is 10.1. The van der Waals surface area contributed by atoms with Crippen LogP contribution < -0.4 is 10.6 Å². The monoisotopic (exact) mass is 283 g/mol. The molecule has 0 spiro atoms. The maximum atomic E-state index is 11.8. The lowest BCUT2D eigenvalue weighted by Gasteiger charge is -2.11. The van der Waals surface area contributed by atoms with E-state index in [1.165, 1.54) is 11.1 Å². The van der Waals surface area contributed by atoms with E-state index in [1.807, 2.05) is 19.1 Å². The number of nitrogens with zero attached hydrogens (tertiary/aromatic N) is 1. The summed E-state index contributed by atoms with van der Waals surface area (Å²) in [7, 11) is 0. The molecule has 1 amide bonds. The van der Waals surface area contributed by atoms with Gasteiger partial charge in [0.2, 0.25) is 0 Å². The quantitative estimate of drug-likeness (QED) is 0.857. The molecule has 1 aromatic heterocycles. The fourth-order valence-corrected chi connectivity index (χ4v) is 2.19. The van der Waals surface area contributed by atoms with Crippen LogP contribution in [0.25, 0.3) is 0 Å². The number of aryl methyl sites for hydroxylation is 1. The first kappa shape index (κ1) is 15.0. The molecule has 0 saturated heterocycles. The number of hydrogen-bond acceptors (Lipinski definition) is 3.